The zero-order valence-electron chi connectivity index (χ0n) is 17.2. The summed E-state index contributed by atoms with van der Waals surface area (Å²) in [6.45, 7) is 0. The third-order valence-electron chi connectivity index (χ3n) is 5.02. The van der Waals surface area contributed by atoms with Crippen molar-refractivity contribution in [2.45, 2.75) is 19.3 Å². The highest BCUT2D eigenvalue weighted by Crippen LogP contribution is 2.33. The minimum atomic E-state index is -1.18. The first-order valence-corrected chi connectivity index (χ1v) is 10.3. The van der Waals surface area contributed by atoms with Gasteiger partial charge in [0.2, 0.25) is 11.8 Å². The van der Waals surface area contributed by atoms with Gasteiger partial charge < -0.3 is 20.5 Å². The molecule has 3 aromatic rings. The van der Waals surface area contributed by atoms with Crippen LogP contribution in [0.25, 0.3) is 0 Å². The molecule has 1 aliphatic rings. The second-order valence-corrected chi connectivity index (χ2v) is 7.58. The molecule has 7 nitrogen and oxygen atoms in total. The van der Waals surface area contributed by atoms with E-state index in [0.717, 1.165) is 18.4 Å². The van der Waals surface area contributed by atoms with E-state index in [-0.39, 0.29) is 41.2 Å². The highest BCUT2D eigenvalue weighted by Gasteiger charge is 2.30. The molecule has 3 N–H and O–H groups in total. The van der Waals surface area contributed by atoms with Crippen molar-refractivity contribution in [2.75, 3.05) is 10.6 Å². The van der Waals surface area contributed by atoms with Gasteiger partial charge in [-0.25, -0.2) is 4.79 Å². The summed E-state index contributed by atoms with van der Waals surface area (Å²) in [4.78, 5) is 36.2. The van der Waals surface area contributed by atoms with Crippen LogP contribution in [0.2, 0.25) is 0 Å². The summed E-state index contributed by atoms with van der Waals surface area (Å²) in [5.74, 6) is -0.939. The minimum Gasteiger partial charge on any atom is -0.478 e. The summed E-state index contributed by atoms with van der Waals surface area (Å²) < 4.78 is 5.88. The van der Waals surface area contributed by atoms with E-state index in [1.807, 2.05) is 30.3 Å². The van der Waals surface area contributed by atoms with Gasteiger partial charge in [-0.1, -0.05) is 42.5 Å². The average Bonchev–Trinajstić information content (AvgIpc) is 3.62. The summed E-state index contributed by atoms with van der Waals surface area (Å²) in [6.07, 6.45) is 1.86. The Morgan fingerprint density at radius 1 is 0.875 bits per heavy atom. The number of ether oxygens (including phenoxy) is 1. The predicted octanol–water partition coefficient (Wildman–Crippen LogP) is 4.71. The van der Waals surface area contributed by atoms with E-state index in [9.17, 15) is 19.5 Å². The second-order valence-electron chi connectivity index (χ2n) is 7.58. The molecule has 0 aromatic heterocycles. The molecule has 3 aromatic carbocycles. The number of carboxylic acids is 1. The van der Waals surface area contributed by atoms with E-state index >= 15 is 0 Å². The zero-order chi connectivity index (χ0) is 22.5. The predicted molar refractivity (Wildman–Crippen MR) is 120 cm³/mol. The van der Waals surface area contributed by atoms with Crippen molar-refractivity contribution in [2.24, 2.45) is 5.92 Å². The summed E-state index contributed by atoms with van der Waals surface area (Å²) in [6, 6.07) is 20.7. The molecule has 2 amide bonds. The average molecular weight is 430 g/mol. The van der Waals surface area contributed by atoms with Gasteiger partial charge in [0.15, 0.2) is 5.75 Å². The van der Waals surface area contributed by atoms with Crippen LogP contribution in [0, 0.1) is 5.92 Å². The molecule has 0 heterocycles. The van der Waals surface area contributed by atoms with Crippen molar-refractivity contribution in [1.82, 2.24) is 0 Å². The van der Waals surface area contributed by atoms with Gasteiger partial charge in [-0.3, -0.25) is 9.59 Å². The monoisotopic (exact) mass is 430 g/mol. The molecule has 162 valence electrons. The van der Waals surface area contributed by atoms with Crippen LogP contribution in [0.5, 0.6) is 11.5 Å². The van der Waals surface area contributed by atoms with Gasteiger partial charge in [0.1, 0.15) is 5.75 Å². The van der Waals surface area contributed by atoms with E-state index in [0.29, 0.717) is 11.4 Å². The number of nitrogens with one attached hydrogen (secondary N) is 2. The quantitative estimate of drug-likeness (QED) is 0.480. The van der Waals surface area contributed by atoms with E-state index in [4.69, 9.17) is 4.74 Å². The number of rotatable bonds is 8. The maximum Gasteiger partial charge on any atom is 0.337 e. The number of hydrogen-bond acceptors (Lipinski definition) is 4. The van der Waals surface area contributed by atoms with Crippen molar-refractivity contribution in [3.63, 3.8) is 0 Å². The highest BCUT2D eigenvalue weighted by molar-refractivity contribution is 6.02. The maximum absolute atomic E-state index is 12.5. The summed E-state index contributed by atoms with van der Waals surface area (Å²) in [5, 5.41) is 15.1. The molecule has 0 bridgehead atoms. The van der Waals surface area contributed by atoms with E-state index in [2.05, 4.69) is 10.6 Å². The lowest BCUT2D eigenvalue weighted by Crippen LogP contribution is -2.16. The third kappa shape index (κ3) is 5.31. The minimum absolute atomic E-state index is 0.0426. The molecule has 0 radical (unpaired) electrons. The molecule has 1 saturated carbocycles. The van der Waals surface area contributed by atoms with Crippen LogP contribution in [0.4, 0.5) is 11.4 Å². The largest absolute Gasteiger partial charge is 0.478 e. The number of anilines is 2. The van der Waals surface area contributed by atoms with Crippen molar-refractivity contribution >= 4 is 29.2 Å². The molecule has 0 spiro atoms. The molecular weight excluding hydrogens is 408 g/mol. The van der Waals surface area contributed by atoms with Crippen LogP contribution in [0.3, 0.4) is 0 Å². The topological polar surface area (TPSA) is 105 Å². The fraction of sp³-hybridized carbons (Fsp3) is 0.160. The number of aromatic carboxylic acids is 1. The molecule has 1 aliphatic carbocycles. The Bertz CT molecular complexity index is 1160. The number of para-hydroxylation sites is 2. The standard InChI is InChI=1S/C25H22N2O5/c28-23(14-16-6-2-1-3-7-16)26-21-8-4-5-9-22(21)32-18-12-13-20(19(15-18)25(30)31)27-24(29)17-10-11-17/h1-9,12-13,15,17H,10-11,14H2,(H,26,28)(H,27,29)(H,30,31). The van der Waals surface area contributed by atoms with Gasteiger partial charge in [-0.15, -0.1) is 0 Å². The van der Waals surface area contributed by atoms with Crippen molar-refractivity contribution < 1.29 is 24.2 Å². The van der Waals surface area contributed by atoms with E-state index in [1.54, 1.807) is 30.3 Å². The second kappa shape index (κ2) is 9.34. The Kier molecular flexibility index (Phi) is 6.17. The van der Waals surface area contributed by atoms with Crippen molar-refractivity contribution in [3.8, 4) is 11.5 Å². The molecule has 32 heavy (non-hydrogen) atoms. The maximum atomic E-state index is 12.5. The highest BCUT2D eigenvalue weighted by atomic mass is 16.5. The first-order valence-electron chi connectivity index (χ1n) is 10.3. The number of hydrogen-bond donors (Lipinski definition) is 3. The molecule has 0 unspecified atom stereocenters. The first kappa shape index (κ1) is 21.1. The van der Waals surface area contributed by atoms with E-state index in [1.165, 1.54) is 12.1 Å². The van der Waals surface area contributed by atoms with Crippen LogP contribution >= 0.6 is 0 Å². The van der Waals surface area contributed by atoms with Crippen molar-refractivity contribution in [3.05, 3.63) is 83.9 Å². The van der Waals surface area contributed by atoms with Gasteiger partial charge >= 0.3 is 5.97 Å². The fourth-order valence-electron chi connectivity index (χ4n) is 3.21. The van der Waals surface area contributed by atoms with Crippen LogP contribution in [0.1, 0.15) is 28.8 Å². The van der Waals surface area contributed by atoms with Gasteiger partial charge in [0.25, 0.3) is 0 Å². The number of carboxylic acid groups (broad SMARTS) is 1. The number of benzene rings is 3. The lowest BCUT2D eigenvalue weighted by molar-refractivity contribution is -0.117. The molecule has 1 fully saturated rings. The van der Waals surface area contributed by atoms with Crippen LogP contribution < -0.4 is 15.4 Å². The summed E-state index contributed by atoms with van der Waals surface area (Å²) >= 11 is 0. The summed E-state index contributed by atoms with van der Waals surface area (Å²) in [7, 11) is 0. The van der Waals surface area contributed by atoms with Gasteiger partial charge in [0.05, 0.1) is 23.4 Å². The zero-order valence-corrected chi connectivity index (χ0v) is 17.2. The summed E-state index contributed by atoms with van der Waals surface area (Å²) in [5.41, 5.74) is 1.52. The number of carbonyl (C=O) groups is 3. The fourth-order valence-corrected chi connectivity index (χ4v) is 3.21. The van der Waals surface area contributed by atoms with Crippen LogP contribution in [-0.2, 0) is 16.0 Å². The molecule has 0 atom stereocenters. The van der Waals surface area contributed by atoms with Crippen LogP contribution in [-0.4, -0.2) is 22.9 Å². The lowest BCUT2D eigenvalue weighted by Gasteiger charge is -2.14. The Labute approximate surface area is 185 Å². The van der Waals surface area contributed by atoms with Crippen LogP contribution in [0.15, 0.2) is 72.8 Å². The molecule has 0 saturated heterocycles. The lowest BCUT2D eigenvalue weighted by atomic mass is 10.1. The Morgan fingerprint density at radius 3 is 2.31 bits per heavy atom. The SMILES string of the molecule is O=C(Cc1ccccc1)Nc1ccccc1Oc1ccc(NC(=O)C2CC2)c(C(=O)O)c1. The van der Waals surface area contributed by atoms with Gasteiger partial charge in [-0.2, -0.15) is 0 Å². The number of carbonyl (C=O) groups excluding carboxylic acids is 2. The Hall–Kier alpha value is -4.13. The van der Waals surface area contributed by atoms with E-state index < -0.39 is 5.97 Å². The Balaban J connectivity index is 1.50. The molecule has 7 heteroatoms. The van der Waals surface area contributed by atoms with Gasteiger partial charge in [-0.05, 0) is 48.7 Å². The van der Waals surface area contributed by atoms with Gasteiger partial charge in [0, 0.05) is 5.92 Å². The smallest absolute Gasteiger partial charge is 0.337 e. The number of amides is 2. The molecule has 4 rings (SSSR count). The normalized spacial score (nSPS) is 12.6. The Morgan fingerprint density at radius 2 is 1.59 bits per heavy atom. The first-order chi connectivity index (χ1) is 15.5. The van der Waals surface area contributed by atoms with Crippen molar-refractivity contribution in [1.29, 1.82) is 0 Å². The molecule has 0 aliphatic heterocycles. The third-order valence-corrected chi connectivity index (χ3v) is 5.02. The molecular formula is C25H22N2O5.